The predicted octanol–water partition coefficient (Wildman–Crippen LogP) is 1.51. The van der Waals surface area contributed by atoms with Crippen LogP contribution in [0.4, 0.5) is 0 Å². The summed E-state index contributed by atoms with van der Waals surface area (Å²) in [5.41, 5.74) is 0. The maximum absolute atomic E-state index is 9.16. The van der Waals surface area contributed by atoms with Crippen LogP contribution in [0.15, 0.2) is 0 Å². The van der Waals surface area contributed by atoms with Crippen LogP contribution in [0.3, 0.4) is 0 Å². The van der Waals surface area contributed by atoms with E-state index < -0.39 is 8.26 Å². The Labute approximate surface area is 52.1 Å². The molecule has 0 fully saturated rings. The monoisotopic (exact) mass is 167 g/mol. The van der Waals surface area contributed by atoms with Gasteiger partial charge in [-0.15, -0.1) is 0 Å². The smallest absolute Gasteiger partial charge is 0.317 e. The van der Waals surface area contributed by atoms with Gasteiger partial charge in [-0.2, -0.15) is 8.42 Å². The van der Waals surface area contributed by atoms with Crippen LogP contribution in [0.1, 0.15) is 7.43 Å². The second kappa shape index (κ2) is 4.64. The molecule has 48 valence electrons. The second-order valence-electron chi connectivity index (χ2n) is 0.378. The second-order valence-corrected chi connectivity index (χ2v) is 4.05. The minimum atomic E-state index is -3.72. The Morgan fingerprint density at radius 1 is 1.14 bits per heavy atom. The Kier molecular flexibility index (Phi) is 10.4. The van der Waals surface area contributed by atoms with E-state index in [0.717, 1.165) is 0 Å². The summed E-state index contributed by atoms with van der Waals surface area (Å²) in [6.45, 7) is 0. The van der Waals surface area contributed by atoms with Gasteiger partial charge in [0.05, 0.1) is 0 Å². The van der Waals surface area contributed by atoms with Crippen LogP contribution < -0.4 is 6.15 Å². The van der Waals surface area contributed by atoms with Crippen molar-refractivity contribution in [3.05, 3.63) is 0 Å². The fourth-order valence-corrected chi connectivity index (χ4v) is 0. The van der Waals surface area contributed by atoms with Gasteiger partial charge in [-0.3, -0.25) is 0 Å². The number of hydrogen-bond donors (Lipinski definition) is 1. The molecule has 7 heavy (non-hydrogen) atoms. The van der Waals surface area contributed by atoms with Crippen LogP contribution in [0, 0.1) is 0 Å². The summed E-state index contributed by atoms with van der Waals surface area (Å²) in [5, 5.41) is 0. The average molecular weight is 168 g/mol. The first-order chi connectivity index (χ1) is 2.00. The van der Waals surface area contributed by atoms with Gasteiger partial charge in [0, 0.05) is 21.4 Å². The molecule has 6 heteroatoms. The fraction of sp³-hybridized carbons (Fsp3) is 1.00. The van der Waals surface area contributed by atoms with Crippen molar-refractivity contribution in [3.8, 4) is 0 Å². The minimum absolute atomic E-state index is 0. The SMILES string of the molecule is C.N.O=S(=O)(Cl)Cl. The Morgan fingerprint density at radius 3 is 1.14 bits per heavy atom. The summed E-state index contributed by atoms with van der Waals surface area (Å²) < 4.78 is 18.3. The summed E-state index contributed by atoms with van der Waals surface area (Å²) in [6, 6.07) is 0. The molecule has 0 rings (SSSR count). The third-order valence-corrected chi connectivity index (χ3v) is 0. The summed E-state index contributed by atoms with van der Waals surface area (Å²) in [6.07, 6.45) is 0. The zero-order valence-electron chi connectivity index (χ0n) is 2.69. The summed E-state index contributed by atoms with van der Waals surface area (Å²) in [4.78, 5) is 0. The van der Waals surface area contributed by atoms with Crippen LogP contribution in [0.25, 0.3) is 0 Å². The van der Waals surface area contributed by atoms with Gasteiger partial charge in [-0.25, -0.2) is 0 Å². The Bertz CT molecular complexity index is 98.9. The molecule has 0 atom stereocenters. The lowest BCUT2D eigenvalue weighted by atomic mass is 12.0. The lowest BCUT2D eigenvalue weighted by Gasteiger charge is -1.61. The van der Waals surface area contributed by atoms with Crippen molar-refractivity contribution in [2.45, 2.75) is 7.43 Å². The van der Waals surface area contributed by atoms with Crippen LogP contribution in [-0.2, 0) is 8.26 Å². The van der Waals surface area contributed by atoms with Gasteiger partial charge in [0.15, 0.2) is 0 Å². The molecule has 0 radical (unpaired) electrons. The summed E-state index contributed by atoms with van der Waals surface area (Å²) >= 11 is 0. The highest BCUT2D eigenvalue weighted by atomic mass is 36.0. The average Bonchev–Trinajstić information content (AvgIpc) is 0.722. The zero-order valence-corrected chi connectivity index (χ0v) is 5.02. The molecule has 0 amide bonds. The molecule has 0 aromatic carbocycles. The van der Waals surface area contributed by atoms with Crippen molar-refractivity contribution in [3.63, 3.8) is 0 Å². The standard InChI is InChI=1S/CH4.Cl2O2S.H3N/c;1-5(2,3)4;/h1H4;;1H3. The molecular weight excluding hydrogens is 161 g/mol. The minimum Gasteiger partial charge on any atom is -0.344 e. The third-order valence-electron chi connectivity index (χ3n) is 0. The van der Waals surface area contributed by atoms with E-state index in [2.05, 4.69) is 21.4 Å². The first-order valence-corrected chi connectivity index (χ1v) is 3.78. The molecular formula is CH7Cl2NO2S. The normalized spacial score (nSPS) is 8.29. The fourth-order valence-electron chi connectivity index (χ4n) is 0. The number of rotatable bonds is 0. The van der Waals surface area contributed by atoms with E-state index in [0.29, 0.717) is 0 Å². The highest BCUT2D eigenvalue weighted by molar-refractivity contribution is 8.31. The van der Waals surface area contributed by atoms with Gasteiger partial charge in [0.25, 0.3) is 0 Å². The Hall–Kier alpha value is 0.490. The molecule has 0 bridgehead atoms. The first-order valence-electron chi connectivity index (χ1n) is 0.642. The van der Waals surface area contributed by atoms with Gasteiger partial charge >= 0.3 is 8.26 Å². The summed E-state index contributed by atoms with van der Waals surface area (Å²) in [5.74, 6) is 0. The lowest BCUT2D eigenvalue weighted by Crippen LogP contribution is -1.63. The van der Waals surface area contributed by atoms with E-state index >= 15 is 0 Å². The zero-order chi connectivity index (χ0) is 4.50. The Balaban J connectivity index is -0.0000000800. The molecule has 0 saturated heterocycles. The van der Waals surface area contributed by atoms with Gasteiger partial charge < -0.3 is 6.15 Å². The van der Waals surface area contributed by atoms with E-state index in [-0.39, 0.29) is 13.6 Å². The molecule has 0 spiro atoms. The van der Waals surface area contributed by atoms with Crippen LogP contribution >= 0.6 is 21.4 Å². The van der Waals surface area contributed by atoms with Gasteiger partial charge in [0.2, 0.25) is 0 Å². The van der Waals surface area contributed by atoms with Crippen molar-refractivity contribution in [1.29, 1.82) is 0 Å². The van der Waals surface area contributed by atoms with E-state index in [1.165, 1.54) is 0 Å². The van der Waals surface area contributed by atoms with Gasteiger partial charge in [0.1, 0.15) is 0 Å². The van der Waals surface area contributed by atoms with E-state index in [4.69, 9.17) is 8.42 Å². The molecule has 3 nitrogen and oxygen atoms in total. The summed E-state index contributed by atoms with van der Waals surface area (Å²) in [7, 11) is 4.81. The molecule has 0 aromatic rings. The molecule has 0 aliphatic rings. The van der Waals surface area contributed by atoms with Crippen LogP contribution in [-0.4, -0.2) is 8.42 Å². The molecule has 0 unspecified atom stereocenters. The molecule has 0 heterocycles. The van der Waals surface area contributed by atoms with Crippen molar-refractivity contribution in [2.75, 3.05) is 0 Å². The number of hydrogen-bond acceptors (Lipinski definition) is 3. The lowest BCUT2D eigenvalue weighted by molar-refractivity contribution is 0.621. The van der Waals surface area contributed by atoms with Crippen LogP contribution in [0.2, 0.25) is 0 Å². The maximum atomic E-state index is 9.16. The molecule has 0 aliphatic carbocycles. The molecule has 0 saturated carbocycles. The van der Waals surface area contributed by atoms with Crippen molar-refractivity contribution in [1.82, 2.24) is 6.15 Å². The van der Waals surface area contributed by atoms with Crippen molar-refractivity contribution >= 4 is 29.6 Å². The van der Waals surface area contributed by atoms with E-state index in [1.807, 2.05) is 0 Å². The maximum Gasteiger partial charge on any atom is 0.317 e. The van der Waals surface area contributed by atoms with Gasteiger partial charge in [-0.05, 0) is 0 Å². The van der Waals surface area contributed by atoms with Crippen molar-refractivity contribution < 1.29 is 8.42 Å². The van der Waals surface area contributed by atoms with E-state index in [1.54, 1.807) is 0 Å². The largest absolute Gasteiger partial charge is 0.344 e. The number of halogens is 2. The van der Waals surface area contributed by atoms with Crippen molar-refractivity contribution in [2.24, 2.45) is 0 Å². The first kappa shape index (κ1) is 15.6. The van der Waals surface area contributed by atoms with Crippen LogP contribution in [0.5, 0.6) is 0 Å². The third kappa shape index (κ3) is 545. The predicted molar refractivity (Wildman–Crippen MR) is 32.4 cm³/mol. The molecule has 3 N–H and O–H groups in total. The molecule has 0 aromatic heterocycles. The quantitative estimate of drug-likeness (QED) is 0.557. The highest BCUT2D eigenvalue weighted by Crippen LogP contribution is 1.98. The van der Waals surface area contributed by atoms with E-state index in [9.17, 15) is 0 Å². The Morgan fingerprint density at radius 2 is 1.14 bits per heavy atom. The topological polar surface area (TPSA) is 69.1 Å². The van der Waals surface area contributed by atoms with Gasteiger partial charge in [-0.1, -0.05) is 7.43 Å². The highest BCUT2D eigenvalue weighted by Gasteiger charge is 1.88. The molecule has 0 aliphatic heterocycles.